The van der Waals surface area contributed by atoms with Crippen LogP contribution in [0.3, 0.4) is 0 Å². The lowest BCUT2D eigenvalue weighted by atomic mass is 10.2. The van der Waals surface area contributed by atoms with Gasteiger partial charge in [0, 0.05) is 30.9 Å². The van der Waals surface area contributed by atoms with E-state index in [2.05, 4.69) is 10.2 Å². The van der Waals surface area contributed by atoms with Gasteiger partial charge in [-0.2, -0.15) is 0 Å². The molecule has 108 valence electrons. The number of halogens is 1. The standard InChI is InChI=1S/C14H17ClN2O3/c1-18-9-10-19-7-4-8-20-14-12-6-3-2-5-11(12)13(15)16-17-14/h2-3,5-6H,4,7-10H2,1H3. The Morgan fingerprint density at radius 3 is 2.60 bits per heavy atom. The van der Waals surface area contributed by atoms with E-state index < -0.39 is 0 Å². The van der Waals surface area contributed by atoms with Gasteiger partial charge in [-0.3, -0.25) is 0 Å². The van der Waals surface area contributed by atoms with Crippen LogP contribution in [0.4, 0.5) is 0 Å². The van der Waals surface area contributed by atoms with E-state index in [1.54, 1.807) is 7.11 Å². The van der Waals surface area contributed by atoms with Crippen molar-refractivity contribution in [2.75, 3.05) is 33.5 Å². The number of nitrogens with zero attached hydrogens (tertiary/aromatic N) is 2. The second-order valence-corrected chi connectivity index (χ2v) is 4.51. The summed E-state index contributed by atoms with van der Waals surface area (Å²) >= 11 is 6.00. The van der Waals surface area contributed by atoms with Crippen molar-refractivity contribution in [2.45, 2.75) is 6.42 Å². The maximum Gasteiger partial charge on any atom is 0.241 e. The van der Waals surface area contributed by atoms with Gasteiger partial charge < -0.3 is 14.2 Å². The van der Waals surface area contributed by atoms with Crippen LogP contribution in [0.25, 0.3) is 10.8 Å². The first-order valence-corrected chi connectivity index (χ1v) is 6.81. The summed E-state index contributed by atoms with van der Waals surface area (Å²) in [4.78, 5) is 0. The molecule has 2 aromatic rings. The lowest BCUT2D eigenvalue weighted by Crippen LogP contribution is -2.07. The van der Waals surface area contributed by atoms with Gasteiger partial charge in [-0.05, 0) is 6.07 Å². The van der Waals surface area contributed by atoms with E-state index in [0.29, 0.717) is 37.5 Å². The van der Waals surface area contributed by atoms with Crippen molar-refractivity contribution in [3.63, 3.8) is 0 Å². The van der Waals surface area contributed by atoms with E-state index >= 15 is 0 Å². The number of hydrogen-bond donors (Lipinski definition) is 0. The van der Waals surface area contributed by atoms with Gasteiger partial charge in [-0.25, -0.2) is 0 Å². The average Bonchev–Trinajstić information content (AvgIpc) is 2.49. The monoisotopic (exact) mass is 296 g/mol. The molecule has 20 heavy (non-hydrogen) atoms. The molecular formula is C14H17ClN2O3. The molecule has 0 atom stereocenters. The molecule has 0 spiro atoms. The van der Waals surface area contributed by atoms with E-state index in [0.717, 1.165) is 17.2 Å². The molecule has 0 aliphatic heterocycles. The Hall–Kier alpha value is -1.43. The van der Waals surface area contributed by atoms with E-state index in [1.807, 2.05) is 24.3 Å². The highest BCUT2D eigenvalue weighted by Crippen LogP contribution is 2.26. The van der Waals surface area contributed by atoms with Gasteiger partial charge in [-0.1, -0.05) is 29.8 Å². The maximum atomic E-state index is 6.00. The number of methoxy groups -OCH3 is 1. The molecule has 0 saturated heterocycles. The number of rotatable bonds is 8. The topological polar surface area (TPSA) is 53.5 Å². The highest BCUT2D eigenvalue weighted by Gasteiger charge is 2.07. The summed E-state index contributed by atoms with van der Waals surface area (Å²) in [6, 6.07) is 7.64. The fraction of sp³-hybridized carbons (Fsp3) is 0.429. The molecule has 0 radical (unpaired) electrons. The minimum atomic E-state index is 0.385. The van der Waals surface area contributed by atoms with Crippen molar-refractivity contribution in [3.8, 4) is 5.88 Å². The molecule has 0 aliphatic carbocycles. The third-order valence-corrected chi connectivity index (χ3v) is 2.99. The average molecular weight is 297 g/mol. The quantitative estimate of drug-likeness (QED) is 0.701. The lowest BCUT2D eigenvalue weighted by Gasteiger charge is -2.08. The largest absolute Gasteiger partial charge is 0.476 e. The summed E-state index contributed by atoms with van der Waals surface area (Å²) in [5.41, 5.74) is 0. The zero-order valence-electron chi connectivity index (χ0n) is 11.3. The molecule has 6 heteroatoms. The molecule has 0 N–H and O–H groups in total. The molecule has 1 aromatic carbocycles. The second kappa shape index (κ2) is 7.99. The van der Waals surface area contributed by atoms with Gasteiger partial charge in [0.1, 0.15) is 0 Å². The van der Waals surface area contributed by atoms with E-state index in [4.69, 9.17) is 25.8 Å². The van der Waals surface area contributed by atoms with Crippen molar-refractivity contribution in [3.05, 3.63) is 29.4 Å². The minimum absolute atomic E-state index is 0.385. The van der Waals surface area contributed by atoms with Crippen molar-refractivity contribution in [1.82, 2.24) is 10.2 Å². The van der Waals surface area contributed by atoms with Crippen molar-refractivity contribution in [2.24, 2.45) is 0 Å². The van der Waals surface area contributed by atoms with Crippen LogP contribution in [0, 0.1) is 0 Å². The first kappa shape index (κ1) is 15.0. The molecule has 0 bridgehead atoms. The van der Waals surface area contributed by atoms with Crippen molar-refractivity contribution < 1.29 is 14.2 Å². The summed E-state index contributed by atoms with van der Waals surface area (Å²) in [6.45, 7) is 2.35. The Morgan fingerprint density at radius 2 is 1.80 bits per heavy atom. The third-order valence-electron chi connectivity index (χ3n) is 2.71. The van der Waals surface area contributed by atoms with Crippen LogP contribution in [-0.2, 0) is 9.47 Å². The van der Waals surface area contributed by atoms with Gasteiger partial charge >= 0.3 is 0 Å². The Labute approximate surface area is 122 Å². The van der Waals surface area contributed by atoms with Gasteiger partial charge in [-0.15, -0.1) is 10.2 Å². The Bertz CT molecular complexity index is 551. The molecule has 0 saturated carbocycles. The third kappa shape index (κ3) is 4.03. The van der Waals surface area contributed by atoms with Crippen LogP contribution >= 0.6 is 11.6 Å². The zero-order chi connectivity index (χ0) is 14.2. The number of ether oxygens (including phenoxy) is 3. The summed E-state index contributed by atoms with van der Waals surface area (Å²) < 4.78 is 15.9. The van der Waals surface area contributed by atoms with E-state index in [-0.39, 0.29) is 0 Å². The van der Waals surface area contributed by atoms with Crippen molar-refractivity contribution in [1.29, 1.82) is 0 Å². The number of aromatic nitrogens is 2. The summed E-state index contributed by atoms with van der Waals surface area (Å²) in [7, 11) is 1.65. The minimum Gasteiger partial charge on any atom is -0.476 e. The van der Waals surface area contributed by atoms with Gasteiger partial charge in [0.15, 0.2) is 5.15 Å². The smallest absolute Gasteiger partial charge is 0.241 e. The molecule has 0 amide bonds. The zero-order valence-corrected chi connectivity index (χ0v) is 12.1. The summed E-state index contributed by atoms with van der Waals surface area (Å²) in [5, 5.41) is 9.97. The van der Waals surface area contributed by atoms with Crippen LogP contribution in [0.1, 0.15) is 6.42 Å². The first-order chi connectivity index (χ1) is 9.83. The molecule has 2 rings (SSSR count). The SMILES string of the molecule is COCCOCCCOc1nnc(Cl)c2ccccc12. The molecule has 1 aromatic heterocycles. The fourth-order valence-electron chi connectivity index (χ4n) is 1.73. The van der Waals surface area contributed by atoms with Gasteiger partial charge in [0.2, 0.25) is 5.88 Å². The van der Waals surface area contributed by atoms with E-state index in [1.165, 1.54) is 0 Å². The van der Waals surface area contributed by atoms with Gasteiger partial charge in [0.25, 0.3) is 0 Å². The molecule has 5 nitrogen and oxygen atoms in total. The van der Waals surface area contributed by atoms with Crippen LogP contribution in [0.5, 0.6) is 5.88 Å². The predicted octanol–water partition coefficient (Wildman–Crippen LogP) is 2.72. The first-order valence-electron chi connectivity index (χ1n) is 6.43. The highest BCUT2D eigenvalue weighted by molar-refractivity contribution is 6.34. The van der Waals surface area contributed by atoms with Crippen LogP contribution in [-0.4, -0.2) is 43.7 Å². The Balaban J connectivity index is 1.86. The summed E-state index contributed by atoms with van der Waals surface area (Å²) in [5.74, 6) is 0.502. The lowest BCUT2D eigenvalue weighted by molar-refractivity contribution is 0.0642. The molecule has 0 fully saturated rings. The number of benzene rings is 1. The normalized spacial score (nSPS) is 10.9. The van der Waals surface area contributed by atoms with Crippen LogP contribution in [0.15, 0.2) is 24.3 Å². The molecule has 1 heterocycles. The molecular weight excluding hydrogens is 280 g/mol. The van der Waals surface area contributed by atoms with E-state index in [9.17, 15) is 0 Å². The second-order valence-electron chi connectivity index (χ2n) is 4.15. The van der Waals surface area contributed by atoms with Crippen LogP contribution in [0.2, 0.25) is 5.15 Å². The molecule has 0 aliphatic rings. The maximum absolute atomic E-state index is 6.00. The Kier molecular flexibility index (Phi) is 5.98. The highest BCUT2D eigenvalue weighted by atomic mass is 35.5. The van der Waals surface area contributed by atoms with Crippen LogP contribution < -0.4 is 4.74 Å². The predicted molar refractivity (Wildman–Crippen MR) is 77.4 cm³/mol. The number of fused-ring (bicyclic) bond motifs is 1. The van der Waals surface area contributed by atoms with Gasteiger partial charge in [0.05, 0.1) is 19.8 Å². The number of hydrogen-bond acceptors (Lipinski definition) is 5. The summed E-state index contributed by atoms with van der Waals surface area (Å²) in [6.07, 6.45) is 0.780. The fourth-order valence-corrected chi connectivity index (χ4v) is 1.93. The molecule has 0 unspecified atom stereocenters. The van der Waals surface area contributed by atoms with Crippen molar-refractivity contribution >= 4 is 22.4 Å². The Morgan fingerprint density at radius 1 is 1.00 bits per heavy atom.